The predicted molar refractivity (Wildman–Crippen MR) is 67.6 cm³/mol. The minimum absolute atomic E-state index is 0.0807. The van der Waals surface area contributed by atoms with Gasteiger partial charge in [-0.05, 0) is 45.1 Å². The minimum Gasteiger partial charge on any atom is -0.381 e. The zero-order valence-corrected chi connectivity index (χ0v) is 10.7. The molecule has 4 heteroatoms. The van der Waals surface area contributed by atoms with Crippen molar-refractivity contribution in [3.63, 3.8) is 0 Å². The lowest BCUT2D eigenvalue weighted by atomic mass is 10.2. The highest BCUT2D eigenvalue weighted by molar-refractivity contribution is 5.96. The summed E-state index contributed by atoms with van der Waals surface area (Å²) < 4.78 is 10.5. The topological polar surface area (TPSA) is 61.5 Å². The number of ether oxygens (including phenoxy) is 2. The molecule has 0 rings (SSSR count). The highest BCUT2D eigenvalue weighted by Gasteiger charge is 1.96. The Hall–Kier alpha value is -0.890. The molecule has 0 fully saturated rings. The van der Waals surface area contributed by atoms with Crippen LogP contribution in [0.4, 0.5) is 0 Å². The summed E-state index contributed by atoms with van der Waals surface area (Å²) in [6, 6.07) is 0. The van der Waals surface area contributed by atoms with Gasteiger partial charge in [-0.1, -0.05) is 5.92 Å². The van der Waals surface area contributed by atoms with E-state index in [1.54, 1.807) is 6.92 Å². The van der Waals surface area contributed by atoms with Crippen molar-refractivity contribution in [2.24, 2.45) is 5.73 Å². The summed E-state index contributed by atoms with van der Waals surface area (Å²) in [5, 5.41) is 0. The Kier molecular flexibility index (Phi) is 12.5. The van der Waals surface area contributed by atoms with Crippen molar-refractivity contribution in [3.05, 3.63) is 0 Å². The number of hydrogen-bond acceptors (Lipinski definition) is 4. The molecule has 0 saturated carbocycles. The Bertz CT molecular complexity index is 243. The predicted octanol–water partition coefficient (Wildman–Crippen LogP) is 1.13. The lowest BCUT2D eigenvalue weighted by molar-refractivity contribution is -0.118. The molecule has 0 aliphatic carbocycles. The standard InChI is InChI=1S/C13H23NO3/c1-2-7-13(15)12-17-11-6-10-16-9-5-3-4-8-14/h3-6,8-12,14H2,1H3. The maximum absolute atomic E-state index is 10.9. The summed E-state index contributed by atoms with van der Waals surface area (Å²) in [4.78, 5) is 10.9. The van der Waals surface area contributed by atoms with Crippen LogP contribution in [0.15, 0.2) is 0 Å². The smallest absolute Gasteiger partial charge is 0.231 e. The van der Waals surface area contributed by atoms with E-state index in [9.17, 15) is 4.79 Å². The largest absolute Gasteiger partial charge is 0.381 e. The van der Waals surface area contributed by atoms with E-state index in [-0.39, 0.29) is 12.4 Å². The summed E-state index contributed by atoms with van der Waals surface area (Å²) in [7, 11) is 0. The quantitative estimate of drug-likeness (QED) is 0.335. The molecule has 2 N–H and O–H groups in total. The molecule has 0 radical (unpaired) electrons. The van der Waals surface area contributed by atoms with Crippen LogP contribution in [0.1, 0.15) is 32.6 Å². The Morgan fingerprint density at radius 2 is 1.76 bits per heavy atom. The van der Waals surface area contributed by atoms with Crippen LogP contribution in [0.25, 0.3) is 0 Å². The normalized spacial score (nSPS) is 9.76. The number of hydrogen-bond donors (Lipinski definition) is 1. The molecule has 0 heterocycles. The third-order valence-corrected chi connectivity index (χ3v) is 2.07. The minimum atomic E-state index is -0.171. The number of Topliss-reactive ketones (excluding diaryl/α,β-unsaturated/α-hetero) is 1. The van der Waals surface area contributed by atoms with E-state index in [1.165, 1.54) is 0 Å². The number of carbonyl (C=O) groups is 1. The molecule has 0 aromatic carbocycles. The Morgan fingerprint density at radius 3 is 2.47 bits per heavy atom. The molecule has 17 heavy (non-hydrogen) atoms. The van der Waals surface area contributed by atoms with Gasteiger partial charge in [-0.3, -0.25) is 4.79 Å². The van der Waals surface area contributed by atoms with Gasteiger partial charge in [0.15, 0.2) is 0 Å². The van der Waals surface area contributed by atoms with Crippen LogP contribution < -0.4 is 5.73 Å². The average molecular weight is 241 g/mol. The van der Waals surface area contributed by atoms with Crippen LogP contribution in [0, 0.1) is 11.8 Å². The van der Waals surface area contributed by atoms with Crippen LogP contribution in [0.3, 0.4) is 0 Å². The van der Waals surface area contributed by atoms with Crippen LogP contribution in [0.5, 0.6) is 0 Å². The van der Waals surface area contributed by atoms with Gasteiger partial charge >= 0.3 is 0 Å². The lowest BCUT2D eigenvalue weighted by Crippen LogP contribution is -2.09. The first-order valence-corrected chi connectivity index (χ1v) is 6.12. The summed E-state index contributed by atoms with van der Waals surface area (Å²) in [6.45, 7) is 4.46. The van der Waals surface area contributed by atoms with Gasteiger partial charge in [-0.15, -0.1) is 0 Å². The molecule has 0 atom stereocenters. The second-order valence-corrected chi connectivity index (χ2v) is 3.67. The summed E-state index contributed by atoms with van der Waals surface area (Å²) in [5.74, 6) is 4.79. The van der Waals surface area contributed by atoms with Gasteiger partial charge < -0.3 is 15.2 Å². The number of carbonyl (C=O) groups excluding carboxylic acids is 1. The van der Waals surface area contributed by atoms with Gasteiger partial charge in [0, 0.05) is 19.8 Å². The van der Waals surface area contributed by atoms with Crippen LogP contribution in [-0.2, 0) is 14.3 Å². The third-order valence-electron chi connectivity index (χ3n) is 2.07. The number of rotatable bonds is 11. The monoisotopic (exact) mass is 241 g/mol. The maximum Gasteiger partial charge on any atom is 0.231 e. The Morgan fingerprint density at radius 1 is 1.06 bits per heavy atom. The van der Waals surface area contributed by atoms with E-state index < -0.39 is 0 Å². The molecule has 0 aliphatic heterocycles. The van der Waals surface area contributed by atoms with Crippen molar-refractivity contribution >= 4 is 5.78 Å². The highest BCUT2D eigenvalue weighted by atomic mass is 16.5. The zero-order valence-electron chi connectivity index (χ0n) is 10.7. The van der Waals surface area contributed by atoms with E-state index in [0.717, 1.165) is 38.8 Å². The van der Waals surface area contributed by atoms with Gasteiger partial charge in [-0.2, -0.15) is 0 Å². The van der Waals surface area contributed by atoms with E-state index >= 15 is 0 Å². The molecule has 0 amide bonds. The molecule has 0 saturated heterocycles. The summed E-state index contributed by atoms with van der Waals surface area (Å²) in [6.07, 6.45) is 4.05. The molecule has 0 aromatic rings. The van der Waals surface area contributed by atoms with E-state index in [4.69, 9.17) is 15.2 Å². The second-order valence-electron chi connectivity index (χ2n) is 3.67. The number of unbranched alkanes of at least 4 members (excludes halogenated alkanes) is 2. The zero-order chi connectivity index (χ0) is 12.8. The maximum atomic E-state index is 10.9. The van der Waals surface area contributed by atoms with Gasteiger partial charge in [0.25, 0.3) is 0 Å². The van der Waals surface area contributed by atoms with Gasteiger partial charge in [0.05, 0.1) is 0 Å². The van der Waals surface area contributed by atoms with Crippen molar-refractivity contribution < 1.29 is 14.3 Å². The Labute approximate surface area is 104 Å². The molecule has 0 unspecified atom stereocenters. The third kappa shape index (κ3) is 13.0. The molecular formula is C13H23NO3. The first kappa shape index (κ1) is 16.1. The van der Waals surface area contributed by atoms with Gasteiger partial charge in [0.1, 0.15) is 6.61 Å². The molecule has 98 valence electrons. The number of ketones is 1. The first-order valence-electron chi connectivity index (χ1n) is 6.12. The molecule has 0 aliphatic rings. The summed E-state index contributed by atoms with van der Waals surface area (Å²) >= 11 is 0. The molecule has 0 spiro atoms. The van der Waals surface area contributed by atoms with Crippen LogP contribution in [-0.4, -0.2) is 38.8 Å². The van der Waals surface area contributed by atoms with Crippen molar-refractivity contribution in [2.75, 3.05) is 33.0 Å². The summed E-state index contributed by atoms with van der Waals surface area (Å²) in [5.41, 5.74) is 5.38. The lowest BCUT2D eigenvalue weighted by Gasteiger charge is -2.04. The first-order chi connectivity index (χ1) is 8.31. The van der Waals surface area contributed by atoms with E-state index in [0.29, 0.717) is 13.2 Å². The highest BCUT2D eigenvalue weighted by Crippen LogP contribution is 1.94. The Balaban J connectivity index is 3.07. The van der Waals surface area contributed by atoms with Crippen molar-refractivity contribution in [2.45, 2.75) is 32.6 Å². The van der Waals surface area contributed by atoms with Crippen LogP contribution in [0.2, 0.25) is 0 Å². The average Bonchev–Trinajstić information content (AvgIpc) is 2.32. The number of nitrogens with two attached hydrogens (primary N) is 1. The molecule has 4 nitrogen and oxygen atoms in total. The molecule has 0 aromatic heterocycles. The van der Waals surface area contributed by atoms with Gasteiger partial charge in [0.2, 0.25) is 5.78 Å². The fraction of sp³-hybridized carbons (Fsp3) is 0.769. The fourth-order valence-electron chi connectivity index (χ4n) is 1.23. The van der Waals surface area contributed by atoms with Crippen molar-refractivity contribution in [1.29, 1.82) is 0 Å². The van der Waals surface area contributed by atoms with Crippen LogP contribution >= 0.6 is 0 Å². The SMILES string of the molecule is CC#CC(=O)COCCCOCCCCCN. The van der Waals surface area contributed by atoms with Crippen molar-refractivity contribution in [1.82, 2.24) is 0 Å². The van der Waals surface area contributed by atoms with E-state index in [2.05, 4.69) is 11.8 Å². The van der Waals surface area contributed by atoms with E-state index in [1.807, 2.05) is 0 Å². The second kappa shape index (κ2) is 13.2. The fourth-order valence-corrected chi connectivity index (χ4v) is 1.23. The van der Waals surface area contributed by atoms with Gasteiger partial charge in [-0.25, -0.2) is 0 Å². The van der Waals surface area contributed by atoms with Crippen molar-refractivity contribution in [3.8, 4) is 11.8 Å². The molecule has 0 bridgehead atoms. The molecular weight excluding hydrogens is 218 g/mol.